The Morgan fingerprint density at radius 2 is 1.95 bits per heavy atom. The van der Waals surface area contributed by atoms with Crippen molar-refractivity contribution >= 4 is 23.2 Å². The predicted octanol–water partition coefficient (Wildman–Crippen LogP) is 3.78. The van der Waals surface area contributed by atoms with Crippen LogP contribution in [-0.4, -0.2) is 20.9 Å². The molecule has 0 aliphatic heterocycles. The number of carbonyl (C=O) groups is 1. The van der Waals surface area contributed by atoms with E-state index < -0.39 is 0 Å². The Kier molecular flexibility index (Phi) is 4.07. The number of halogens is 1. The molecule has 0 unspecified atom stereocenters. The smallest absolute Gasteiger partial charge is 0.258 e. The van der Waals surface area contributed by atoms with E-state index in [0.717, 1.165) is 24.2 Å². The van der Waals surface area contributed by atoms with Gasteiger partial charge in [0, 0.05) is 24.5 Å². The third-order valence-corrected chi connectivity index (χ3v) is 3.93. The highest BCUT2D eigenvalue weighted by molar-refractivity contribution is 6.33. The van der Waals surface area contributed by atoms with E-state index in [0.29, 0.717) is 22.3 Å². The van der Waals surface area contributed by atoms with Gasteiger partial charge in [0.1, 0.15) is 5.82 Å². The van der Waals surface area contributed by atoms with Crippen LogP contribution in [0.25, 0.3) is 0 Å². The Hall–Kier alpha value is -2.01. The molecule has 1 aliphatic rings. The van der Waals surface area contributed by atoms with Crippen LogP contribution in [0.4, 0.5) is 5.69 Å². The van der Waals surface area contributed by atoms with Crippen molar-refractivity contribution in [2.24, 2.45) is 0 Å². The van der Waals surface area contributed by atoms with E-state index in [1.54, 1.807) is 18.6 Å². The Morgan fingerprint density at radius 3 is 2.55 bits per heavy atom. The second-order valence-corrected chi connectivity index (χ2v) is 6.14. The first-order valence-electron chi connectivity index (χ1n) is 7.34. The molecule has 3 rings (SSSR count). The quantitative estimate of drug-likeness (QED) is 0.872. The molecule has 1 saturated carbocycles. The molecule has 22 heavy (non-hydrogen) atoms. The number of amides is 1. The highest BCUT2D eigenvalue weighted by atomic mass is 35.5. The number of nitrogens with zero attached hydrogens (tertiary/aromatic N) is 3. The van der Waals surface area contributed by atoms with E-state index in [4.69, 9.17) is 11.6 Å². The first kappa shape index (κ1) is 14.9. The summed E-state index contributed by atoms with van der Waals surface area (Å²) in [5, 5.41) is 3.17. The van der Waals surface area contributed by atoms with Gasteiger partial charge in [0.2, 0.25) is 0 Å². The fourth-order valence-corrected chi connectivity index (χ4v) is 2.46. The van der Waals surface area contributed by atoms with Crippen LogP contribution in [0.1, 0.15) is 60.3 Å². The number of nitrogens with one attached hydrogen (secondary N) is 1. The van der Waals surface area contributed by atoms with Crippen LogP contribution in [0.3, 0.4) is 0 Å². The van der Waals surface area contributed by atoms with E-state index in [1.165, 1.54) is 0 Å². The third-order valence-electron chi connectivity index (χ3n) is 3.64. The Balaban J connectivity index is 1.82. The second kappa shape index (κ2) is 6.01. The molecule has 1 fully saturated rings. The van der Waals surface area contributed by atoms with Gasteiger partial charge in [-0.05, 0) is 30.4 Å². The van der Waals surface area contributed by atoms with Crippen molar-refractivity contribution in [3.8, 4) is 0 Å². The van der Waals surface area contributed by atoms with Crippen molar-refractivity contribution in [3.05, 3.63) is 46.8 Å². The molecule has 1 N–H and O–H groups in total. The molecule has 0 saturated heterocycles. The molecule has 2 heterocycles. The van der Waals surface area contributed by atoms with Gasteiger partial charge in [0.25, 0.3) is 5.91 Å². The van der Waals surface area contributed by atoms with Crippen LogP contribution in [0.2, 0.25) is 5.15 Å². The van der Waals surface area contributed by atoms with E-state index >= 15 is 0 Å². The lowest BCUT2D eigenvalue weighted by Gasteiger charge is -2.12. The van der Waals surface area contributed by atoms with Crippen molar-refractivity contribution in [1.82, 2.24) is 15.0 Å². The zero-order chi connectivity index (χ0) is 15.7. The lowest BCUT2D eigenvalue weighted by Crippen LogP contribution is -2.15. The van der Waals surface area contributed by atoms with Crippen molar-refractivity contribution in [2.45, 2.75) is 38.5 Å². The molecule has 0 atom stereocenters. The summed E-state index contributed by atoms with van der Waals surface area (Å²) in [5.41, 5.74) is 2.06. The Labute approximate surface area is 134 Å². The van der Waals surface area contributed by atoms with Crippen molar-refractivity contribution in [3.63, 3.8) is 0 Å². The van der Waals surface area contributed by atoms with Gasteiger partial charge in [0.05, 0.1) is 11.3 Å². The van der Waals surface area contributed by atoms with E-state index in [1.807, 2.05) is 19.9 Å². The molecule has 6 heteroatoms. The van der Waals surface area contributed by atoms with Gasteiger partial charge in [-0.2, -0.15) is 0 Å². The molecular formula is C16H17ClN4O. The van der Waals surface area contributed by atoms with Gasteiger partial charge in [-0.1, -0.05) is 25.4 Å². The van der Waals surface area contributed by atoms with Gasteiger partial charge < -0.3 is 5.32 Å². The molecular weight excluding hydrogens is 300 g/mol. The number of hydrogen-bond acceptors (Lipinski definition) is 4. The minimum absolute atomic E-state index is 0.228. The van der Waals surface area contributed by atoms with Crippen LogP contribution >= 0.6 is 11.6 Å². The molecule has 2 aromatic rings. The largest absolute Gasteiger partial charge is 0.319 e. The average molecular weight is 317 g/mol. The molecule has 1 amide bonds. The van der Waals surface area contributed by atoms with E-state index in [-0.39, 0.29) is 11.8 Å². The van der Waals surface area contributed by atoms with Crippen molar-refractivity contribution < 1.29 is 4.79 Å². The van der Waals surface area contributed by atoms with Gasteiger partial charge in [-0.15, -0.1) is 0 Å². The number of hydrogen-bond donors (Lipinski definition) is 1. The Bertz CT molecular complexity index is 696. The maximum Gasteiger partial charge on any atom is 0.258 e. The van der Waals surface area contributed by atoms with Crippen molar-refractivity contribution in [1.29, 1.82) is 0 Å². The maximum atomic E-state index is 12.4. The monoisotopic (exact) mass is 316 g/mol. The van der Waals surface area contributed by atoms with Gasteiger partial charge >= 0.3 is 0 Å². The summed E-state index contributed by atoms with van der Waals surface area (Å²) in [5.74, 6) is 1.14. The zero-order valence-corrected chi connectivity index (χ0v) is 13.3. The molecule has 0 spiro atoms. The summed E-state index contributed by atoms with van der Waals surface area (Å²) in [7, 11) is 0. The minimum atomic E-state index is -0.271. The Morgan fingerprint density at radius 1 is 1.27 bits per heavy atom. The predicted molar refractivity (Wildman–Crippen MR) is 85.3 cm³/mol. The van der Waals surface area contributed by atoms with Gasteiger partial charge in [0.15, 0.2) is 5.15 Å². The second-order valence-electron chi connectivity index (χ2n) is 5.78. The lowest BCUT2D eigenvalue weighted by molar-refractivity contribution is 0.102. The van der Waals surface area contributed by atoms with E-state index in [2.05, 4.69) is 20.3 Å². The molecule has 0 radical (unpaired) electrons. The summed E-state index contributed by atoms with van der Waals surface area (Å²) in [4.78, 5) is 24.8. The average Bonchev–Trinajstić information content (AvgIpc) is 3.34. The minimum Gasteiger partial charge on any atom is -0.319 e. The van der Waals surface area contributed by atoms with Crippen LogP contribution in [0.5, 0.6) is 0 Å². The highest BCUT2D eigenvalue weighted by Gasteiger charge is 2.28. The standard InChI is InChI=1S/C16H17ClN4O/c1-9(2)15-19-7-11(8-20-15)16(22)21-13-12(10-3-4-10)5-6-18-14(13)17/h5-10H,3-4H2,1-2H3,(H,21,22). The van der Waals surface area contributed by atoms with Crippen LogP contribution < -0.4 is 5.32 Å². The van der Waals surface area contributed by atoms with Crippen molar-refractivity contribution in [2.75, 3.05) is 5.32 Å². The summed E-state index contributed by atoms with van der Waals surface area (Å²) >= 11 is 6.14. The third kappa shape index (κ3) is 3.09. The summed E-state index contributed by atoms with van der Waals surface area (Å²) in [6.45, 7) is 4.01. The molecule has 2 aromatic heterocycles. The molecule has 0 bridgehead atoms. The normalized spacial score (nSPS) is 14.2. The summed E-state index contributed by atoms with van der Waals surface area (Å²) in [6.07, 6.45) is 6.99. The topological polar surface area (TPSA) is 67.8 Å². The number of aromatic nitrogens is 3. The van der Waals surface area contributed by atoms with E-state index in [9.17, 15) is 4.79 Å². The fourth-order valence-electron chi connectivity index (χ4n) is 2.25. The SMILES string of the molecule is CC(C)c1ncc(C(=O)Nc2c(C3CC3)ccnc2Cl)cn1. The fraction of sp³-hybridized carbons (Fsp3) is 0.375. The first-order valence-corrected chi connectivity index (χ1v) is 7.71. The number of rotatable bonds is 4. The molecule has 0 aromatic carbocycles. The van der Waals surface area contributed by atoms with Crippen LogP contribution in [0.15, 0.2) is 24.7 Å². The van der Waals surface area contributed by atoms with Crippen LogP contribution in [0, 0.1) is 0 Å². The zero-order valence-electron chi connectivity index (χ0n) is 12.5. The number of anilines is 1. The summed E-state index contributed by atoms with van der Waals surface area (Å²) < 4.78 is 0. The summed E-state index contributed by atoms with van der Waals surface area (Å²) in [6, 6.07) is 1.91. The number of carbonyl (C=O) groups excluding carboxylic acids is 1. The van der Waals surface area contributed by atoms with Gasteiger partial charge in [-0.25, -0.2) is 15.0 Å². The maximum absolute atomic E-state index is 12.4. The highest BCUT2D eigenvalue weighted by Crippen LogP contribution is 2.44. The number of pyridine rings is 1. The molecule has 5 nitrogen and oxygen atoms in total. The lowest BCUT2D eigenvalue weighted by atomic mass is 10.1. The van der Waals surface area contributed by atoms with Gasteiger partial charge in [-0.3, -0.25) is 4.79 Å². The first-order chi connectivity index (χ1) is 10.6. The van der Waals surface area contributed by atoms with Crippen LogP contribution in [-0.2, 0) is 0 Å². The molecule has 114 valence electrons. The molecule has 1 aliphatic carbocycles.